The minimum atomic E-state index is 0.0181. The number of aryl methyl sites for hydroxylation is 2. The van der Waals surface area contributed by atoms with Gasteiger partial charge in [0.05, 0.1) is 19.8 Å². The minimum Gasteiger partial charge on any atom is -0.379 e. The van der Waals surface area contributed by atoms with E-state index in [0.717, 1.165) is 49.9 Å². The number of morpholine rings is 1. The van der Waals surface area contributed by atoms with Crippen molar-refractivity contribution in [3.05, 3.63) is 47.3 Å². The number of carbonyl (C=O) groups excluding carboxylic acids is 1. The number of ether oxygens (including phenoxy) is 1. The van der Waals surface area contributed by atoms with Gasteiger partial charge in [0, 0.05) is 42.3 Å². The van der Waals surface area contributed by atoms with Crippen molar-refractivity contribution in [2.45, 2.75) is 20.8 Å². The molecule has 0 aliphatic carbocycles. The predicted molar refractivity (Wildman–Crippen MR) is 130 cm³/mol. The van der Waals surface area contributed by atoms with Gasteiger partial charge < -0.3 is 15.4 Å². The average molecular weight is 456 g/mol. The van der Waals surface area contributed by atoms with E-state index in [1.54, 1.807) is 24.3 Å². The molecule has 2 aromatic rings. The van der Waals surface area contributed by atoms with Crippen LogP contribution in [-0.2, 0) is 4.74 Å². The number of hydrogen-bond donors (Lipinski definition) is 3. The third-order valence-corrected chi connectivity index (χ3v) is 4.99. The quantitative estimate of drug-likeness (QED) is 0.262. The second kappa shape index (κ2) is 11.6. The zero-order valence-electron chi connectivity index (χ0n) is 18.6. The Bertz CT molecular complexity index is 952. The van der Waals surface area contributed by atoms with Gasteiger partial charge in [-0.3, -0.25) is 20.0 Å². The maximum absolute atomic E-state index is 11.5. The van der Waals surface area contributed by atoms with Crippen LogP contribution in [0.1, 0.15) is 28.7 Å². The van der Waals surface area contributed by atoms with E-state index in [2.05, 4.69) is 35.8 Å². The lowest BCUT2D eigenvalue weighted by molar-refractivity contribution is 0.0394. The number of aliphatic imine (C=N–C) groups is 1. The van der Waals surface area contributed by atoms with Gasteiger partial charge in [0.25, 0.3) is 0 Å². The number of benzene rings is 1. The number of guanidine groups is 1. The monoisotopic (exact) mass is 455 g/mol. The summed E-state index contributed by atoms with van der Waals surface area (Å²) < 4.78 is 5.40. The van der Waals surface area contributed by atoms with Crippen molar-refractivity contribution >= 4 is 40.7 Å². The number of Topliss-reactive ketones (excluding diaryl/α,β-unsaturated/α-hetero) is 1. The molecule has 1 aromatic carbocycles. The number of hydrogen-bond acceptors (Lipinski definition) is 7. The first-order chi connectivity index (χ1) is 15.4. The Morgan fingerprint density at radius 2 is 1.78 bits per heavy atom. The van der Waals surface area contributed by atoms with Gasteiger partial charge in [-0.25, -0.2) is 9.97 Å². The molecule has 1 aliphatic rings. The number of nitrogens with zero attached hydrogens (tertiary/aromatic N) is 4. The largest absolute Gasteiger partial charge is 0.379 e. The molecule has 32 heavy (non-hydrogen) atoms. The summed E-state index contributed by atoms with van der Waals surface area (Å²) in [6, 6.07) is 9.03. The fourth-order valence-corrected chi connectivity index (χ4v) is 3.40. The van der Waals surface area contributed by atoms with Crippen molar-refractivity contribution in [2.24, 2.45) is 4.99 Å². The summed E-state index contributed by atoms with van der Waals surface area (Å²) >= 11 is 5.46. The van der Waals surface area contributed by atoms with Gasteiger partial charge in [-0.05, 0) is 63.3 Å². The van der Waals surface area contributed by atoms with E-state index in [9.17, 15) is 4.79 Å². The van der Waals surface area contributed by atoms with Crippen molar-refractivity contribution in [1.29, 1.82) is 0 Å². The molecular weight excluding hydrogens is 426 g/mol. The number of ketones is 1. The summed E-state index contributed by atoms with van der Waals surface area (Å²) in [7, 11) is 0. The molecule has 2 heterocycles. The summed E-state index contributed by atoms with van der Waals surface area (Å²) in [5.41, 5.74) is 3.13. The Balaban J connectivity index is 1.66. The van der Waals surface area contributed by atoms with Crippen LogP contribution in [0.25, 0.3) is 0 Å². The second-order valence-corrected chi connectivity index (χ2v) is 7.90. The van der Waals surface area contributed by atoms with Gasteiger partial charge in [-0.2, -0.15) is 0 Å². The molecule has 0 bridgehead atoms. The summed E-state index contributed by atoms with van der Waals surface area (Å²) in [5.74, 6) is 0.930. The molecule has 9 nitrogen and oxygen atoms in total. The van der Waals surface area contributed by atoms with Crippen LogP contribution in [0.4, 0.5) is 11.6 Å². The van der Waals surface area contributed by atoms with Crippen LogP contribution in [0, 0.1) is 13.8 Å². The summed E-state index contributed by atoms with van der Waals surface area (Å²) in [4.78, 5) is 27.3. The van der Waals surface area contributed by atoms with Gasteiger partial charge in [-0.1, -0.05) is 0 Å². The Kier molecular flexibility index (Phi) is 8.60. The molecule has 10 heteroatoms. The molecular formula is C22H29N7O2S. The number of rotatable bonds is 6. The summed E-state index contributed by atoms with van der Waals surface area (Å²) in [6.07, 6.45) is 0. The fourth-order valence-electron chi connectivity index (χ4n) is 3.18. The summed E-state index contributed by atoms with van der Waals surface area (Å²) in [6.45, 7) is 10.1. The van der Waals surface area contributed by atoms with Gasteiger partial charge in [0.1, 0.15) is 0 Å². The van der Waals surface area contributed by atoms with E-state index in [4.69, 9.17) is 17.0 Å². The molecule has 0 radical (unpaired) electrons. The Hall–Kier alpha value is -2.95. The van der Waals surface area contributed by atoms with Gasteiger partial charge >= 0.3 is 0 Å². The fraction of sp³-hybridized carbons (Fsp3) is 0.409. The highest BCUT2D eigenvalue weighted by Gasteiger charge is 2.11. The maximum Gasteiger partial charge on any atom is 0.229 e. The normalized spacial score (nSPS) is 14.7. The highest BCUT2D eigenvalue weighted by molar-refractivity contribution is 7.80. The van der Waals surface area contributed by atoms with E-state index in [1.807, 2.05) is 19.9 Å². The van der Waals surface area contributed by atoms with Gasteiger partial charge in [-0.15, -0.1) is 0 Å². The van der Waals surface area contributed by atoms with Crippen molar-refractivity contribution < 1.29 is 9.53 Å². The van der Waals surface area contributed by atoms with Crippen molar-refractivity contribution in [3.63, 3.8) is 0 Å². The van der Waals surface area contributed by atoms with E-state index < -0.39 is 0 Å². The number of aromatic nitrogens is 2. The zero-order valence-corrected chi connectivity index (χ0v) is 19.5. The molecule has 1 saturated heterocycles. The van der Waals surface area contributed by atoms with Crippen LogP contribution in [0.3, 0.4) is 0 Å². The van der Waals surface area contributed by atoms with Crippen LogP contribution < -0.4 is 16.0 Å². The summed E-state index contributed by atoms with van der Waals surface area (Å²) in [5, 5.41) is 9.71. The standard InChI is InChI=1S/C22H29N7O2S/c1-15-14-16(2)25-21(24-15)27-20(23-8-9-29-10-12-31-13-11-29)28-22(32)26-19-6-4-18(5-7-19)17(3)30/h4-7,14H,8-13H2,1-3H3,(H3,23,24,25,26,27,28,32). The molecule has 1 aromatic heterocycles. The molecule has 0 unspecified atom stereocenters. The molecule has 170 valence electrons. The lowest BCUT2D eigenvalue weighted by atomic mass is 10.1. The van der Waals surface area contributed by atoms with E-state index >= 15 is 0 Å². The third-order valence-electron chi connectivity index (χ3n) is 4.78. The van der Waals surface area contributed by atoms with Crippen LogP contribution >= 0.6 is 12.2 Å². The molecule has 3 N–H and O–H groups in total. The first-order valence-corrected chi connectivity index (χ1v) is 10.9. The molecule has 3 rings (SSSR count). The number of nitrogens with one attached hydrogen (secondary N) is 3. The molecule has 0 saturated carbocycles. The van der Waals surface area contributed by atoms with Crippen molar-refractivity contribution in [1.82, 2.24) is 20.2 Å². The lowest BCUT2D eigenvalue weighted by Gasteiger charge is -2.25. The van der Waals surface area contributed by atoms with Gasteiger partial charge in [0.15, 0.2) is 10.9 Å². The molecule has 0 amide bonds. The van der Waals surface area contributed by atoms with Gasteiger partial charge in [0.2, 0.25) is 11.9 Å². The molecule has 1 aliphatic heterocycles. The zero-order chi connectivity index (χ0) is 22.9. The first-order valence-electron chi connectivity index (χ1n) is 10.5. The van der Waals surface area contributed by atoms with E-state index in [0.29, 0.717) is 29.1 Å². The topological polar surface area (TPSA) is 104 Å². The Labute approximate surface area is 193 Å². The van der Waals surface area contributed by atoms with Crippen molar-refractivity contribution in [3.8, 4) is 0 Å². The van der Waals surface area contributed by atoms with Crippen LogP contribution in [0.2, 0.25) is 0 Å². The minimum absolute atomic E-state index is 0.0181. The van der Waals surface area contributed by atoms with Crippen LogP contribution in [0.5, 0.6) is 0 Å². The smallest absolute Gasteiger partial charge is 0.229 e. The first kappa shape index (κ1) is 23.7. The molecule has 1 fully saturated rings. The molecule has 0 atom stereocenters. The second-order valence-electron chi connectivity index (χ2n) is 7.50. The number of carbonyl (C=O) groups is 1. The lowest BCUT2D eigenvalue weighted by Crippen LogP contribution is -2.41. The highest BCUT2D eigenvalue weighted by Crippen LogP contribution is 2.10. The highest BCUT2D eigenvalue weighted by atomic mass is 32.1. The predicted octanol–water partition coefficient (Wildman–Crippen LogP) is 2.38. The third kappa shape index (κ3) is 7.63. The van der Waals surface area contributed by atoms with Crippen molar-refractivity contribution in [2.75, 3.05) is 50.0 Å². The van der Waals surface area contributed by atoms with Crippen LogP contribution in [-0.4, -0.2) is 71.1 Å². The van der Waals surface area contributed by atoms with E-state index in [1.165, 1.54) is 6.92 Å². The maximum atomic E-state index is 11.5. The Morgan fingerprint density at radius 3 is 2.41 bits per heavy atom. The number of anilines is 2. The SMILES string of the molecule is CC(=O)c1ccc(NC(=S)NC(=NCCN2CCOCC2)Nc2nc(C)cc(C)n2)cc1. The van der Waals surface area contributed by atoms with E-state index in [-0.39, 0.29) is 5.78 Å². The average Bonchev–Trinajstić information content (AvgIpc) is 2.74. The Morgan fingerprint density at radius 1 is 1.12 bits per heavy atom. The van der Waals surface area contributed by atoms with Crippen LogP contribution in [0.15, 0.2) is 35.3 Å². The number of thiocarbonyl (C=S) groups is 1. The molecule has 0 spiro atoms.